The summed E-state index contributed by atoms with van der Waals surface area (Å²) in [5, 5.41) is 0. The van der Waals surface area contributed by atoms with Crippen LogP contribution in [-0.4, -0.2) is 34.2 Å². The third kappa shape index (κ3) is 6.65. The van der Waals surface area contributed by atoms with Gasteiger partial charge in [0, 0.05) is 17.6 Å². The average Bonchev–Trinajstić information content (AvgIpc) is 2.98. The van der Waals surface area contributed by atoms with E-state index >= 15 is 0 Å². The predicted octanol–water partition coefficient (Wildman–Crippen LogP) is 4.22. The molecule has 0 amide bonds. The average molecular weight is 401 g/mol. The van der Waals surface area contributed by atoms with Crippen LogP contribution in [0.3, 0.4) is 0 Å². The first-order chi connectivity index (χ1) is 13.4. The van der Waals surface area contributed by atoms with Crippen molar-refractivity contribution in [2.24, 2.45) is 5.92 Å². The van der Waals surface area contributed by atoms with E-state index in [4.69, 9.17) is 0 Å². The summed E-state index contributed by atoms with van der Waals surface area (Å²) in [6.45, 7) is 9.42. The van der Waals surface area contributed by atoms with Gasteiger partial charge in [0.15, 0.2) is 0 Å². The number of benzene rings is 1. The second-order valence-corrected chi connectivity index (χ2v) is 7.95. The lowest BCUT2D eigenvalue weighted by molar-refractivity contribution is -0.139. The number of aryl methyl sites for hydroxylation is 1. The Balaban J connectivity index is 0.000000640. The van der Waals surface area contributed by atoms with Crippen LogP contribution in [0.15, 0.2) is 47.6 Å². The molecule has 0 atom stereocenters. The highest BCUT2D eigenvalue weighted by molar-refractivity contribution is 7.97. The number of fused-ring (bicyclic) bond motifs is 1. The Hall–Kier alpha value is -2.38. The highest BCUT2D eigenvalue weighted by Gasteiger charge is 2.08. The van der Waals surface area contributed by atoms with Gasteiger partial charge >= 0.3 is 5.97 Å². The zero-order valence-corrected chi connectivity index (χ0v) is 17.9. The highest BCUT2D eigenvalue weighted by atomic mass is 32.2. The Morgan fingerprint density at radius 3 is 2.54 bits per heavy atom. The number of imidazole rings is 1. The molecular formula is C21H28N4O2S. The maximum atomic E-state index is 11.1. The minimum absolute atomic E-state index is 0.177. The van der Waals surface area contributed by atoms with E-state index in [0.29, 0.717) is 0 Å². The molecule has 0 unspecified atom stereocenters. The zero-order valence-electron chi connectivity index (χ0n) is 17.1. The van der Waals surface area contributed by atoms with Crippen LogP contribution in [0.1, 0.15) is 32.2 Å². The Kier molecular flexibility index (Phi) is 8.47. The van der Waals surface area contributed by atoms with E-state index in [-0.39, 0.29) is 12.5 Å². The second-order valence-electron chi connectivity index (χ2n) is 6.98. The number of carbonyl (C=O) groups excluding carboxylic acids is 1. The lowest BCUT2D eigenvalue weighted by Crippen LogP contribution is -2.17. The fourth-order valence-electron chi connectivity index (χ4n) is 2.39. The molecular weight excluding hydrogens is 372 g/mol. The number of hydrogen-bond donors (Lipinski definition) is 1. The fourth-order valence-corrected chi connectivity index (χ4v) is 3.01. The number of methoxy groups -OCH3 is 1. The molecule has 0 spiro atoms. The van der Waals surface area contributed by atoms with Crippen LogP contribution in [0.2, 0.25) is 0 Å². The van der Waals surface area contributed by atoms with E-state index in [1.165, 1.54) is 24.6 Å². The van der Waals surface area contributed by atoms with Crippen molar-refractivity contribution in [3.63, 3.8) is 0 Å². The van der Waals surface area contributed by atoms with E-state index in [0.717, 1.165) is 34.2 Å². The van der Waals surface area contributed by atoms with Crippen LogP contribution in [0, 0.1) is 12.8 Å². The molecule has 0 saturated carbocycles. The maximum absolute atomic E-state index is 11.1. The minimum atomic E-state index is -0.282. The highest BCUT2D eigenvalue weighted by Crippen LogP contribution is 2.19. The van der Waals surface area contributed by atoms with Crippen molar-refractivity contribution in [2.45, 2.75) is 39.1 Å². The van der Waals surface area contributed by atoms with Gasteiger partial charge in [-0.1, -0.05) is 32.9 Å². The minimum Gasteiger partial charge on any atom is -0.468 e. The number of nitrogens with zero attached hydrogens (tertiary/aromatic N) is 3. The van der Waals surface area contributed by atoms with Crippen molar-refractivity contribution in [1.82, 2.24) is 19.3 Å². The molecule has 28 heavy (non-hydrogen) atoms. The van der Waals surface area contributed by atoms with Gasteiger partial charge in [-0.15, -0.1) is 0 Å². The number of pyridine rings is 1. The summed E-state index contributed by atoms with van der Waals surface area (Å²) in [6.07, 6.45) is 3.60. The van der Waals surface area contributed by atoms with Gasteiger partial charge in [0.2, 0.25) is 0 Å². The number of esters is 1. The molecule has 1 N–H and O–H groups in total. The van der Waals surface area contributed by atoms with Gasteiger partial charge < -0.3 is 9.30 Å². The quantitative estimate of drug-likeness (QED) is 0.493. The van der Waals surface area contributed by atoms with E-state index in [1.807, 2.05) is 31.3 Å². The first-order valence-corrected chi connectivity index (χ1v) is 10.0. The predicted molar refractivity (Wildman–Crippen MR) is 114 cm³/mol. The molecule has 6 nitrogen and oxygen atoms in total. The SMILES string of the molecule is CC(C)C.COC(=O)CNSc1ccc(Cn2c(C)nc3ccncc32)cc1. The summed E-state index contributed by atoms with van der Waals surface area (Å²) < 4.78 is 9.71. The normalized spacial score (nSPS) is 10.6. The second kappa shape index (κ2) is 10.8. The lowest BCUT2D eigenvalue weighted by Gasteiger charge is -2.08. The molecule has 0 radical (unpaired) electrons. The smallest absolute Gasteiger partial charge is 0.320 e. The summed E-state index contributed by atoms with van der Waals surface area (Å²) in [5.74, 6) is 1.52. The van der Waals surface area contributed by atoms with Crippen molar-refractivity contribution in [3.8, 4) is 0 Å². The van der Waals surface area contributed by atoms with Gasteiger partial charge in [-0.25, -0.2) is 9.71 Å². The summed E-state index contributed by atoms with van der Waals surface area (Å²) in [6, 6.07) is 10.1. The molecule has 0 saturated heterocycles. The lowest BCUT2D eigenvalue weighted by atomic mass is 10.2. The Labute approximate surface area is 170 Å². The molecule has 2 heterocycles. The number of carbonyl (C=O) groups is 1. The summed E-state index contributed by atoms with van der Waals surface area (Å²) in [7, 11) is 1.38. The van der Waals surface area contributed by atoms with Gasteiger partial charge in [0.25, 0.3) is 0 Å². The van der Waals surface area contributed by atoms with Crippen molar-refractivity contribution < 1.29 is 9.53 Å². The van der Waals surface area contributed by atoms with Crippen molar-refractivity contribution in [1.29, 1.82) is 0 Å². The molecule has 0 aliphatic carbocycles. The van der Waals surface area contributed by atoms with E-state index in [9.17, 15) is 4.79 Å². The topological polar surface area (TPSA) is 69.0 Å². The van der Waals surface area contributed by atoms with Gasteiger partial charge in [-0.3, -0.25) is 9.78 Å². The van der Waals surface area contributed by atoms with Crippen LogP contribution in [0.5, 0.6) is 0 Å². The number of nitrogens with one attached hydrogen (secondary N) is 1. The largest absolute Gasteiger partial charge is 0.468 e. The van der Waals surface area contributed by atoms with Crippen molar-refractivity contribution >= 4 is 29.0 Å². The van der Waals surface area contributed by atoms with Gasteiger partial charge in [-0.2, -0.15) is 0 Å². The Morgan fingerprint density at radius 2 is 1.89 bits per heavy atom. The molecule has 2 aromatic heterocycles. The van der Waals surface area contributed by atoms with Gasteiger partial charge in [0.1, 0.15) is 12.4 Å². The van der Waals surface area contributed by atoms with Crippen molar-refractivity contribution in [3.05, 3.63) is 54.1 Å². The standard InChI is InChI=1S/C17H18N4O2S.C4H10/c1-12-20-15-7-8-18-9-16(15)21(12)11-13-3-5-14(6-4-13)24-19-10-17(22)23-2;1-4(2)3/h3-9,19H,10-11H2,1-2H3;4H,1-3H3. The van der Waals surface area contributed by atoms with Crippen LogP contribution in [-0.2, 0) is 16.1 Å². The van der Waals surface area contributed by atoms with E-state index in [1.54, 1.807) is 6.20 Å². The van der Waals surface area contributed by atoms with Gasteiger partial charge in [0.05, 0.1) is 24.3 Å². The maximum Gasteiger partial charge on any atom is 0.320 e. The summed E-state index contributed by atoms with van der Waals surface area (Å²) in [5.41, 5.74) is 3.17. The number of ether oxygens (including phenoxy) is 1. The van der Waals surface area contributed by atoms with Crippen LogP contribution in [0.4, 0.5) is 0 Å². The molecule has 0 aliphatic heterocycles. The molecule has 3 rings (SSSR count). The third-order valence-corrected chi connectivity index (χ3v) is 4.44. The molecule has 3 aromatic rings. The Morgan fingerprint density at radius 1 is 1.21 bits per heavy atom. The molecule has 7 heteroatoms. The molecule has 1 aromatic carbocycles. The first-order valence-electron chi connectivity index (χ1n) is 9.23. The molecule has 150 valence electrons. The number of aromatic nitrogens is 3. The van der Waals surface area contributed by atoms with Crippen LogP contribution >= 0.6 is 11.9 Å². The van der Waals surface area contributed by atoms with Crippen molar-refractivity contribution in [2.75, 3.05) is 13.7 Å². The summed E-state index contributed by atoms with van der Waals surface area (Å²) in [4.78, 5) is 20.8. The van der Waals surface area contributed by atoms with Gasteiger partial charge in [-0.05, 0) is 48.6 Å². The summed E-state index contributed by atoms with van der Waals surface area (Å²) >= 11 is 1.41. The fraction of sp³-hybridized carbons (Fsp3) is 0.381. The van der Waals surface area contributed by atoms with Crippen LogP contribution < -0.4 is 4.72 Å². The molecule has 0 bridgehead atoms. The third-order valence-electron chi connectivity index (χ3n) is 3.64. The van der Waals surface area contributed by atoms with Crippen LogP contribution in [0.25, 0.3) is 11.0 Å². The first kappa shape index (κ1) is 21.9. The number of hydrogen-bond acceptors (Lipinski definition) is 6. The zero-order chi connectivity index (χ0) is 20.5. The molecule has 0 aliphatic rings. The molecule has 0 fully saturated rings. The Bertz CT molecular complexity index is 888. The van der Waals surface area contributed by atoms with E-state index < -0.39 is 0 Å². The monoisotopic (exact) mass is 400 g/mol. The number of rotatable bonds is 6. The van der Waals surface area contributed by atoms with E-state index in [2.05, 4.69) is 56.9 Å².